The van der Waals surface area contributed by atoms with Gasteiger partial charge in [0.1, 0.15) is 0 Å². The van der Waals surface area contributed by atoms with E-state index < -0.39 is 0 Å². The minimum atomic E-state index is 0.501. The van der Waals surface area contributed by atoms with Gasteiger partial charge in [-0.3, -0.25) is 0 Å². The number of hydrogen-bond donors (Lipinski definition) is 1. The standard InChI is InChI=1S/C9H14N2S/c1-9(4-5-9)8(10-2)7-3-6-11-12-7/h3,6,8,10H,4-5H2,1-2H3. The quantitative estimate of drug-likeness (QED) is 0.775. The van der Waals surface area contributed by atoms with E-state index in [0.29, 0.717) is 11.5 Å². The summed E-state index contributed by atoms with van der Waals surface area (Å²) in [5.41, 5.74) is 0.501. The molecule has 0 saturated heterocycles. The average Bonchev–Trinajstić information content (AvgIpc) is 2.63. The molecule has 1 atom stereocenters. The zero-order chi connectivity index (χ0) is 8.60. The summed E-state index contributed by atoms with van der Waals surface area (Å²) in [5.74, 6) is 0. The highest BCUT2D eigenvalue weighted by molar-refractivity contribution is 7.05. The molecule has 1 aliphatic carbocycles. The molecule has 0 amide bonds. The molecule has 1 aromatic heterocycles. The molecule has 2 nitrogen and oxygen atoms in total. The predicted octanol–water partition coefficient (Wildman–Crippen LogP) is 2.20. The smallest absolute Gasteiger partial charge is 0.0482 e. The molecule has 1 aliphatic rings. The first kappa shape index (κ1) is 8.20. The summed E-state index contributed by atoms with van der Waals surface area (Å²) in [7, 11) is 2.04. The zero-order valence-electron chi connectivity index (χ0n) is 7.50. The molecule has 1 aromatic rings. The third-order valence-electron chi connectivity index (χ3n) is 2.77. The summed E-state index contributed by atoms with van der Waals surface area (Å²) in [4.78, 5) is 1.37. The second kappa shape index (κ2) is 2.82. The van der Waals surface area contributed by atoms with Crippen molar-refractivity contribution >= 4 is 11.5 Å². The largest absolute Gasteiger partial charge is 0.312 e. The van der Waals surface area contributed by atoms with Gasteiger partial charge in [-0.25, -0.2) is 4.37 Å². The van der Waals surface area contributed by atoms with Gasteiger partial charge in [0, 0.05) is 17.1 Å². The first-order valence-electron chi connectivity index (χ1n) is 4.34. The van der Waals surface area contributed by atoms with Gasteiger partial charge in [0.2, 0.25) is 0 Å². The number of rotatable bonds is 3. The van der Waals surface area contributed by atoms with Crippen LogP contribution in [0.1, 0.15) is 30.7 Å². The molecule has 0 radical (unpaired) electrons. The Morgan fingerprint density at radius 1 is 1.67 bits per heavy atom. The van der Waals surface area contributed by atoms with Gasteiger partial charge in [-0.2, -0.15) is 0 Å². The second-order valence-corrected chi connectivity index (χ2v) is 4.66. The number of nitrogens with zero attached hydrogens (tertiary/aromatic N) is 1. The summed E-state index contributed by atoms with van der Waals surface area (Å²) in [6, 6.07) is 2.64. The molecule has 0 aromatic carbocycles. The van der Waals surface area contributed by atoms with Gasteiger partial charge >= 0.3 is 0 Å². The van der Waals surface area contributed by atoms with Crippen LogP contribution in [0, 0.1) is 5.41 Å². The van der Waals surface area contributed by atoms with E-state index in [9.17, 15) is 0 Å². The van der Waals surface area contributed by atoms with Gasteiger partial charge in [0.05, 0.1) is 0 Å². The van der Waals surface area contributed by atoms with Crippen molar-refractivity contribution in [2.75, 3.05) is 7.05 Å². The SMILES string of the molecule is CNC(c1ccns1)C1(C)CC1. The normalized spacial score (nSPS) is 22.2. The van der Waals surface area contributed by atoms with E-state index >= 15 is 0 Å². The van der Waals surface area contributed by atoms with E-state index in [1.54, 1.807) is 11.5 Å². The third-order valence-corrected chi connectivity index (χ3v) is 3.58. The Bertz CT molecular complexity index is 252. The Morgan fingerprint density at radius 3 is 2.83 bits per heavy atom. The first-order chi connectivity index (χ1) is 5.76. The lowest BCUT2D eigenvalue weighted by Gasteiger charge is -2.20. The number of aromatic nitrogens is 1. The van der Waals surface area contributed by atoms with E-state index in [2.05, 4.69) is 22.7 Å². The molecular formula is C9H14N2S. The molecule has 1 saturated carbocycles. The molecule has 0 bridgehead atoms. The van der Waals surface area contributed by atoms with Gasteiger partial charge in [0.15, 0.2) is 0 Å². The Labute approximate surface area is 77.2 Å². The van der Waals surface area contributed by atoms with Gasteiger partial charge in [-0.15, -0.1) is 0 Å². The van der Waals surface area contributed by atoms with Crippen LogP contribution in [0.5, 0.6) is 0 Å². The van der Waals surface area contributed by atoms with E-state index in [1.807, 2.05) is 13.2 Å². The molecule has 2 rings (SSSR count). The Morgan fingerprint density at radius 2 is 2.42 bits per heavy atom. The van der Waals surface area contributed by atoms with Crippen LogP contribution in [-0.2, 0) is 0 Å². The lowest BCUT2D eigenvalue weighted by atomic mass is 9.98. The van der Waals surface area contributed by atoms with Crippen LogP contribution >= 0.6 is 11.5 Å². The van der Waals surface area contributed by atoms with Crippen molar-refractivity contribution in [1.82, 2.24) is 9.69 Å². The van der Waals surface area contributed by atoms with Gasteiger partial charge in [-0.05, 0) is 42.9 Å². The van der Waals surface area contributed by atoms with Crippen molar-refractivity contribution < 1.29 is 0 Å². The Hall–Kier alpha value is -0.410. The van der Waals surface area contributed by atoms with Crippen molar-refractivity contribution in [2.24, 2.45) is 5.41 Å². The molecule has 0 aliphatic heterocycles. The maximum absolute atomic E-state index is 4.13. The van der Waals surface area contributed by atoms with Gasteiger partial charge < -0.3 is 5.32 Å². The maximum atomic E-state index is 4.13. The average molecular weight is 182 g/mol. The molecule has 1 fully saturated rings. The minimum absolute atomic E-state index is 0.501. The fraction of sp³-hybridized carbons (Fsp3) is 0.667. The zero-order valence-corrected chi connectivity index (χ0v) is 8.32. The molecule has 12 heavy (non-hydrogen) atoms. The maximum Gasteiger partial charge on any atom is 0.0482 e. The summed E-state index contributed by atoms with van der Waals surface area (Å²) >= 11 is 1.61. The molecule has 0 spiro atoms. The summed E-state index contributed by atoms with van der Waals surface area (Å²) in [5, 5.41) is 3.38. The molecular weight excluding hydrogens is 168 g/mol. The van der Waals surface area contributed by atoms with Crippen LogP contribution < -0.4 is 5.32 Å². The van der Waals surface area contributed by atoms with E-state index in [0.717, 1.165) is 0 Å². The lowest BCUT2D eigenvalue weighted by Crippen LogP contribution is -2.23. The molecule has 3 heteroatoms. The van der Waals surface area contributed by atoms with Crippen molar-refractivity contribution in [2.45, 2.75) is 25.8 Å². The molecule has 1 heterocycles. The van der Waals surface area contributed by atoms with Crippen LogP contribution in [0.15, 0.2) is 12.3 Å². The highest BCUT2D eigenvalue weighted by Crippen LogP contribution is 2.54. The fourth-order valence-corrected chi connectivity index (χ4v) is 2.57. The van der Waals surface area contributed by atoms with Gasteiger partial charge in [0.25, 0.3) is 0 Å². The van der Waals surface area contributed by atoms with Crippen LogP contribution in [0.25, 0.3) is 0 Å². The van der Waals surface area contributed by atoms with Crippen molar-refractivity contribution in [3.63, 3.8) is 0 Å². The number of hydrogen-bond acceptors (Lipinski definition) is 3. The topological polar surface area (TPSA) is 24.9 Å². The Balaban J connectivity index is 2.19. The van der Waals surface area contributed by atoms with Crippen molar-refractivity contribution in [1.29, 1.82) is 0 Å². The van der Waals surface area contributed by atoms with E-state index in [1.165, 1.54) is 17.7 Å². The van der Waals surface area contributed by atoms with E-state index in [-0.39, 0.29) is 0 Å². The third kappa shape index (κ3) is 1.27. The second-order valence-electron chi connectivity index (χ2n) is 3.79. The van der Waals surface area contributed by atoms with Crippen molar-refractivity contribution in [3.8, 4) is 0 Å². The van der Waals surface area contributed by atoms with Gasteiger partial charge in [-0.1, -0.05) is 6.92 Å². The summed E-state index contributed by atoms with van der Waals surface area (Å²) < 4.78 is 4.13. The van der Waals surface area contributed by atoms with Crippen LogP contribution in [-0.4, -0.2) is 11.4 Å². The predicted molar refractivity (Wildman–Crippen MR) is 51.3 cm³/mol. The highest BCUT2D eigenvalue weighted by atomic mass is 32.1. The molecule has 66 valence electrons. The Kier molecular flexibility index (Phi) is 1.93. The van der Waals surface area contributed by atoms with Crippen molar-refractivity contribution in [3.05, 3.63) is 17.1 Å². The summed E-state index contributed by atoms with van der Waals surface area (Å²) in [6.45, 7) is 2.34. The van der Waals surface area contributed by atoms with Crippen LogP contribution in [0.3, 0.4) is 0 Å². The number of nitrogens with one attached hydrogen (secondary N) is 1. The molecule has 1 N–H and O–H groups in total. The van der Waals surface area contributed by atoms with Crippen LogP contribution in [0.2, 0.25) is 0 Å². The highest BCUT2D eigenvalue weighted by Gasteiger charge is 2.45. The first-order valence-corrected chi connectivity index (χ1v) is 5.11. The lowest BCUT2D eigenvalue weighted by molar-refractivity contribution is 0.396. The molecule has 1 unspecified atom stereocenters. The van der Waals surface area contributed by atoms with E-state index in [4.69, 9.17) is 0 Å². The monoisotopic (exact) mass is 182 g/mol. The fourth-order valence-electron chi connectivity index (χ4n) is 1.69. The summed E-state index contributed by atoms with van der Waals surface area (Å²) in [6.07, 6.45) is 4.57. The minimum Gasteiger partial charge on any atom is -0.312 e. The van der Waals surface area contributed by atoms with Crippen LogP contribution in [0.4, 0.5) is 0 Å².